The molecule has 0 saturated carbocycles. The van der Waals surface area contributed by atoms with Crippen LogP contribution in [0.3, 0.4) is 0 Å². The molecule has 0 unspecified atom stereocenters. The van der Waals surface area contributed by atoms with E-state index < -0.39 is 12.0 Å². The van der Waals surface area contributed by atoms with Crippen molar-refractivity contribution in [3.05, 3.63) is 83.2 Å². The van der Waals surface area contributed by atoms with Gasteiger partial charge in [0.15, 0.2) is 4.80 Å². The van der Waals surface area contributed by atoms with E-state index in [-0.39, 0.29) is 5.56 Å². The Labute approximate surface area is 174 Å². The maximum atomic E-state index is 13.4. The lowest BCUT2D eigenvalue weighted by molar-refractivity contribution is -0.136. The number of thiazole rings is 1. The maximum absolute atomic E-state index is 13.4. The molecule has 0 N–H and O–H groups in total. The summed E-state index contributed by atoms with van der Waals surface area (Å²) in [6.45, 7) is 1.75. The molecule has 29 heavy (non-hydrogen) atoms. The van der Waals surface area contributed by atoms with Crippen molar-refractivity contribution in [1.82, 2.24) is 4.57 Å². The van der Waals surface area contributed by atoms with Gasteiger partial charge in [0, 0.05) is 10.4 Å². The number of aromatic nitrogens is 1. The van der Waals surface area contributed by atoms with Gasteiger partial charge in [-0.15, -0.1) is 11.3 Å². The molecule has 1 aliphatic heterocycles. The van der Waals surface area contributed by atoms with Gasteiger partial charge in [0.05, 0.1) is 30.0 Å². The van der Waals surface area contributed by atoms with Crippen LogP contribution in [0, 0.1) is 0 Å². The molecule has 4 rings (SSSR count). The third-order valence-corrected chi connectivity index (χ3v) is 6.48. The van der Waals surface area contributed by atoms with Crippen LogP contribution in [0.4, 0.5) is 0 Å². The topological polar surface area (TPSA) is 69.9 Å². The highest BCUT2D eigenvalue weighted by Gasteiger charge is 2.34. The van der Waals surface area contributed by atoms with Gasteiger partial charge in [0.1, 0.15) is 11.8 Å². The lowest BCUT2D eigenvalue weighted by Crippen LogP contribution is -2.39. The van der Waals surface area contributed by atoms with E-state index in [1.807, 2.05) is 41.8 Å². The molecule has 0 aliphatic carbocycles. The van der Waals surface area contributed by atoms with Crippen molar-refractivity contribution in [3.63, 3.8) is 0 Å². The maximum Gasteiger partial charge on any atom is 0.338 e. The van der Waals surface area contributed by atoms with E-state index in [0.717, 1.165) is 4.88 Å². The van der Waals surface area contributed by atoms with Gasteiger partial charge in [-0.2, -0.15) is 0 Å². The predicted octanol–water partition coefficient (Wildman–Crippen LogP) is 2.48. The molecule has 148 valence electrons. The molecule has 2 aromatic heterocycles. The molecule has 0 spiro atoms. The molecule has 3 aromatic rings. The molecular formula is C21H18N2O4S2. The molecule has 6 nitrogen and oxygen atoms in total. The average molecular weight is 427 g/mol. The van der Waals surface area contributed by atoms with E-state index >= 15 is 0 Å². The second kappa shape index (κ2) is 7.81. The van der Waals surface area contributed by atoms with Crippen LogP contribution in [0.2, 0.25) is 0 Å². The van der Waals surface area contributed by atoms with Crippen LogP contribution in [-0.2, 0) is 9.53 Å². The van der Waals surface area contributed by atoms with Crippen LogP contribution in [0.1, 0.15) is 23.4 Å². The smallest absolute Gasteiger partial charge is 0.338 e. The number of methoxy groups -OCH3 is 2. The van der Waals surface area contributed by atoms with Gasteiger partial charge in [-0.1, -0.05) is 35.6 Å². The lowest BCUT2D eigenvalue weighted by atomic mass is 9.95. The van der Waals surface area contributed by atoms with Crippen molar-refractivity contribution in [2.24, 2.45) is 4.99 Å². The Balaban J connectivity index is 2.03. The third-order valence-electron chi connectivity index (χ3n) is 4.68. The summed E-state index contributed by atoms with van der Waals surface area (Å²) in [5.41, 5.74) is 1.35. The quantitative estimate of drug-likeness (QED) is 0.601. The van der Waals surface area contributed by atoms with Crippen LogP contribution in [-0.4, -0.2) is 24.8 Å². The first-order valence-corrected chi connectivity index (χ1v) is 10.5. The minimum Gasteiger partial charge on any atom is -0.496 e. The van der Waals surface area contributed by atoms with E-state index in [2.05, 4.69) is 4.99 Å². The fourth-order valence-corrected chi connectivity index (χ4v) is 5.15. The van der Waals surface area contributed by atoms with Crippen LogP contribution < -0.4 is 19.6 Å². The van der Waals surface area contributed by atoms with Crippen molar-refractivity contribution in [2.45, 2.75) is 13.0 Å². The fraction of sp³-hybridized carbons (Fsp3) is 0.190. The van der Waals surface area contributed by atoms with Crippen molar-refractivity contribution >= 4 is 34.7 Å². The number of benzene rings is 1. The molecular weight excluding hydrogens is 408 g/mol. The second-order valence-corrected chi connectivity index (χ2v) is 8.32. The summed E-state index contributed by atoms with van der Waals surface area (Å²) in [5, 5.41) is 1.96. The number of hydrogen-bond donors (Lipinski definition) is 0. The summed E-state index contributed by atoms with van der Waals surface area (Å²) in [5.74, 6) is 0.0659. The minimum absolute atomic E-state index is 0.202. The zero-order valence-corrected chi connectivity index (χ0v) is 17.7. The zero-order valence-electron chi connectivity index (χ0n) is 16.0. The molecule has 0 fully saturated rings. The van der Waals surface area contributed by atoms with Crippen LogP contribution in [0.25, 0.3) is 6.08 Å². The Morgan fingerprint density at radius 2 is 2.00 bits per heavy atom. The van der Waals surface area contributed by atoms with Gasteiger partial charge in [0.2, 0.25) is 0 Å². The average Bonchev–Trinajstić information content (AvgIpc) is 3.35. The van der Waals surface area contributed by atoms with Crippen LogP contribution >= 0.6 is 22.7 Å². The zero-order chi connectivity index (χ0) is 20.5. The standard InChI is InChI=1S/C21H18N2O4S2/c1-12-17(20(25)27-3)18(14-8-4-5-9-15(14)26-2)23-19(24)16(29-21(23)22-12)11-13-7-6-10-28-13/h4-11,18H,1-3H3/t18-/m1/s1. The SMILES string of the molecule is COC(=O)C1=C(C)N=c2sc(=Cc3cccs3)c(=O)n2[C@@H]1c1ccccc1OC. The number of nitrogens with zero attached hydrogens (tertiary/aromatic N) is 2. The molecule has 8 heteroatoms. The number of hydrogen-bond acceptors (Lipinski definition) is 7. The molecule has 0 amide bonds. The highest BCUT2D eigenvalue weighted by Crippen LogP contribution is 2.35. The molecule has 0 saturated heterocycles. The summed E-state index contributed by atoms with van der Waals surface area (Å²) in [6, 6.07) is 10.6. The minimum atomic E-state index is -0.680. The van der Waals surface area contributed by atoms with Crippen molar-refractivity contribution in [2.75, 3.05) is 14.2 Å². The number of thiophene rings is 1. The van der Waals surface area contributed by atoms with Gasteiger partial charge < -0.3 is 9.47 Å². The largest absolute Gasteiger partial charge is 0.496 e. The van der Waals surface area contributed by atoms with Crippen molar-refractivity contribution < 1.29 is 14.3 Å². The van der Waals surface area contributed by atoms with Gasteiger partial charge in [-0.25, -0.2) is 9.79 Å². The molecule has 0 bridgehead atoms. The Morgan fingerprint density at radius 3 is 2.69 bits per heavy atom. The van der Waals surface area contributed by atoms with Gasteiger partial charge in [-0.3, -0.25) is 9.36 Å². The van der Waals surface area contributed by atoms with Crippen molar-refractivity contribution in [1.29, 1.82) is 0 Å². The number of rotatable bonds is 4. The fourth-order valence-electron chi connectivity index (χ4n) is 3.38. The first kappa shape index (κ1) is 19.4. The Kier molecular flexibility index (Phi) is 5.21. The Hall–Kier alpha value is -2.97. The van der Waals surface area contributed by atoms with E-state index in [1.54, 1.807) is 36.0 Å². The molecule has 1 aromatic carbocycles. The number of esters is 1. The summed E-state index contributed by atoms with van der Waals surface area (Å²) in [7, 11) is 2.89. The highest BCUT2D eigenvalue weighted by molar-refractivity contribution is 7.11. The van der Waals surface area contributed by atoms with Gasteiger partial charge in [-0.05, 0) is 30.5 Å². The number of fused-ring (bicyclic) bond motifs is 1. The third kappa shape index (κ3) is 3.34. The summed E-state index contributed by atoms with van der Waals surface area (Å²) in [4.78, 5) is 32.1. The summed E-state index contributed by atoms with van der Waals surface area (Å²) < 4.78 is 12.7. The number of ether oxygens (including phenoxy) is 2. The number of carbonyl (C=O) groups is 1. The van der Waals surface area contributed by atoms with E-state index in [9.17, 15) is 9.59 Å². The van der Waals surface area contributed by atoms with Gasteiger partial charge >= 0.3 is 5.97 Å². The number of allylic oxidation sites excluding steroid dienone is 1. The summed E-state index contributed by atoms with van der Waals surface area (Å²) >= 11 is 2.86. The van der Waals surface area contributed by atoms with Crippen LogP contribution in [0.15, 0.2) is 62.8 Å². The summed E-state index contributed by atoms with van der Waals surface area (Å²) in [6.07, 6.45) is 1.85. The molecule has 0 radical (unpaired) electrons. The van der Waals surface area contributed by atoms with E-state index in [1.165, 1.54) is 18.4 Å². The first-order chi connectivity index (χ1) is 14.0. The Morgan fingerprint density at radius 1 is 1.21 bits per heavy atom. The predicted molar refractivity (Wildman–Crippen MR) is 113 cm³/mol. The van der Waals surface area contributed by atoms with E-state index in [0.29, 0.717) is 31.9 Å². The second-order valence-electron chi connectivity index (χ2n) is 6.33. The monoisotopic (exact) mass is 426 g/mol. The number of para-hydroxylation sites is 1. The van der Waals surface area contributed by atoms with Crippen molar-refractivity contribution in [3.8, 4) is 5.75 Å². The molecule has 3 heterocycles. The lowest BCUT2D eigenvalue weighted by Gasteiger charge is -2.25. The molecule has 1 atom stereocenters. The first-order valence-electron chi connectivity index (χ1n) is 8.82. The normalized spacial score (nSPS) is 16.4. The van der Waals surface area contributed by atoms with Crippen LogP contribution in [0.5, 0.6) is 5.75 Å². The number of carbonyl (C=O) groups excluding carboxylic acids is 1. The highest BCUT2D eigenvalue weighted by atomic mass is 32.1. The van der Waals surface area contributed by atoms with E-state index in [4.69, 9.17) is 9.47 Å². The molecule has 1 aliphatic rings. The van der Waals surface area contributed by atoms with Gasteiger partial charge in [0.25, 0.3) is 5.56 Å². The Bertz CT molecular complexity index is 1280.